The van der Waals surface area contributed by atoms with Crippen LogP contribution in [0.3, 0.4) is 0 Å². The molecule has 21 heavy (non-hydrogen) atoms. The maximum Gasteiger partial charge on any atom is 0.224 e. The van der Waals surface area contributed by atoms with Gasteiger partial charge in [-0.1, -0.05) is 24.3 Å². The van der Waals surface area contributed by atoms with Crippen molar-refractivity contribution in [3.63, 3.8) is 0 Å². The molecule has 110 valence electrons. The number of rotatable bonds is 5. The third-order valence-electron chi connectivity index (χ3n) is 3.11. The van der Waals surface area contributed by atoms with Crippen molar-refractivity contribution in [2.24, 2.45) is 0 Å². The minimum absolute atomic E-state index is 0.0578. The first-order chi connectivity index (χ1) is 10.1. The van der Waals surface area contributed by atoms with Gasteiger partial charge in [0.1, 0.15) is 0 Å². The average molecular weight is 290 g/mol. The normalized spacial score (nSPS) is 10.2. The second-order valence-corrected chi connectivity index (χ2v) is 4.61. The van der Waals surface area contributed by atoms with Gasteiger partial charge in [0.2, 0.25) is 5.91 Å². The SMILES string of the molecule is CNC(=O)Cc1ccc(NCc2cccc(F)c2F)cc1. The summed E-state index contributed by atoms with van der Waals surface area (Å²) in [6.45, 7) is 0.193. The third-order valence-corrected chi connectivity index (χ3v) is 3.11. The fraction of sp³-hybridized carbons (Fsp3) is 0.188. The summed E-state index contributed by atoms with van der Waals surface area (Å²) in [4.78, 5) is 11.2. The maximum absolute atomic E-state index is 13.5. The third kappa shape index (κ3) is 4.02. The van der Waals surface area contributed by atoms with Crippen LogP contribution in [0.4, 0.5) is 14.5 Å². The van der Waals surface area contributed by atoms with Crippen molar-refractivity contribution in [3.8, 4) is 0 Å². The number of likely N-dealkylation sites (N-methyl/N-ethyl adjacent to an activating group) is 1. The Bertz CT molecular complexity index is 627. The Morgan fingerprint density at radius 1 is 1.10 bits per heavy atom. The molecule has 0 aromatic heterocycles. The van der Waals surface area contributed by atoms with Gasteiger partial charge in [0.15, 0.2) is 11.6 Å². The molecule has 0 saturated heterocycles. The summed E-state index contributed by atoms with van der Waals surface area (Å²) in [6.07, 6.45) is 0.315. The zero-order valence-electron chi connectivity index (χ0n) is 11.6. The number of anilines is 1. The van der Waals surface area contributed by atoms with Crippen LogP contribution in [0.5, 0.6) is 0 Å². The Labute approximate surface area is 122 Å². The van der Waals surface area contributed by atoms with Crippen LogP contribution in [-0.2, 0) is 17.8 Å². The smallest absolute Gasteiger partial charge is 0.224 e. The van der Waals surface area contributed by atoms with E-state index in [1.165, 1.54) is 12.1 Å². The van der Waals surface area contributed by atoms with Crippen molar-refractivity contribution >= 4 is 11.6 Å². The van der Waals surface area contributed by atoms with E-state index < -0.39 is 11.6 Å². The number of halogens is 2. The number of nitrogens with one attached hydrogen (secondary N) is 2. The van der Waals surface area contributed by atoms with Gasteiger partial charge in [0, 0.05) is 24.8 Å². The molecule has 0 unspecified atom stereocenters. The fourth-order valence-corrected chi connectivity index (χ4v) is 1.90. The summed E-state index contributed by atoms with van der Waals surface area (Å²) in [5.74, 6) is -1.74. The van der Waals surface area contributed by atoms with Crippen LogP contribution in [0.2, 0.25) is 0 Å². The van der Waals surface area contributed by atoms with Crippen molar-refractivity contribution in [1.29, 1.82) is 0 Å². The van der Waals surface area contributed by atoms with E-state index in [-0.39, 0.29) is 18.0 Å². The summed E-state index contributed by atoms with van der Waals surface area (Å²) in [5, 5.41) is 5.57. The second-order valence-electron chi connectivity index (χ2n) is 4.61. The molecule has 1 amide bonds. The van der Waals surface area contributed by atoms with Crippen molar-refractivity contribution in [2.75, 3.05) is 12.4 Å². The van der Waals surface area contributed by atoms with Gasteiger partial charge in [-0.3, -0.25) is 4.79 Å². The van der Waals surface area contributed by atoms with E-state index in [0.717, 1.165) is 17.3 Å². The van der Waals surface area contributed by atoms with E-state index in [4.69, 9.17) is 0 Å². The first-order valence-electron chi connectivity index (χ1n) is 6.56. The molecule has 2 aromatic rings. The Balaban J connectivity index is 1.97. The van der Waals surface area contributed by atoms with Crippen LogP contribution >= 0.6 is 0 Å². The molecule has 0 aliphatic rings. The topological polar surface area (TPSA) is 41.1 Å². The van der Waals surface area contributed by atoms with E-state index in [2.05, 4.69) is 10.6 Å². The van der Waals surface area contributed by atoms with E-state index in [9.17, 15) is 13.6 Å². The fourth-order valence-electron chi connectivity index (χ4n) is 1.90. The van der Waals surface area contributed by atoms with E-state index in [0.29, 0.717) is 6.42 Å². The van der Waals surface area contributed by atoms with Crippen molar-refractivity contribution in [2.45, 2.75) is 13.0 Å². The van der Waals surface area contributed by atoms with Crippen LogP contribution in [0.25, 0.3) is 0 Å². The Hall–Kier alpha value is -2.43. The number of carbonyl (C=O) groups excluding carboxylic acids is 1. The van der Waals surface area contributed by atoms with Gasteiger partial charge in [-0.25, -0.2) is 8.78 Å². The number of carbonyl (C=O) groups is 1. The number of hydrogen-bond donors (Lipinski definition) is 2. The van der Waals surface area contributed by atoms with E-state index >= 15 is 0 Å². The molecule has 2 N–H and O–H groups in total. The van der Waals surface area contributed by atoms with E-state index in [1.54, 1.807) is 19.2 Å². The Morgan fingerprint density at radius 2 is 1.81 bits per heavy atom. The van der Waals surface area contributed by atoms with Gasteiger partial charge in [-0.05, 0) is 23.8 Å². The molecule has 2 aromatic carbocycles. The Morgan fingerprint density at radius 3 is 2.48 bits per heavy atom. The Kier molecular flexibility index (Phi) is 4.87. The zero-order chi connectivity index (χ0) is 15.2. The molecule has 2 rings (SSSR count). The highest BCUT2D eigenvalue weighted by Gasteiger charge is 2.07. The van der Waals surface area contributed by atoms with Gasteiger partial charge in [0.25, 0.3) is 0 Å². The van der Waals surface area contributed by atoms with Gasteiger partial charge < -0.3 is 10.6 Å². The first kappa shape index (κ1) is 15.0. The molecule has 0 spiro atoms. The molecule has 0 fully saturated rings. The summed E-state index contributed by atoms with van der Waals surface area (Å²) in [5.41, 5.74) is 1.93. The average Bonchev–Trinajstić information content (AvgIpc) is 2.50. The summed E-state index contributed by atoms with van der Waals surface area (Å²) in [6, 6.07) is 11.3. The monoisotopic (exact) mass is 290 g/mol. The predicted octanol–water partition coefficient (Wildman–Crippen LogP) is 2.87. The second kappa shape index (κ2) is 6.83. The van der Waals surface area contributed by atoms with Crippen LogP contribution < -0.4 is 10.6 Å². The molecular formula is C16H16F2N2O. The van der Waals surface area contributed by atoms with Crippen LogP contribution in [0, 0.1) is 11.6 Å². The molecule has 5 heteroatoms. The summed E-state index contributed by atoms with van der Waals surface area (Å²) >= 11 is 0. The van der Waals surface area contributed by atoms with Gasteiger partial charge in [-0.2, -0.15) is 0 Å². The van der Waals surface area contributed by atoms with E-state index in [1.807, 2.05) is 12.1 Å². The summed E-state index contributed by atoms with van der Waals surface area (Å²) in [7, 11) is 1.59. The highest BCUT2D eigenvalue weighted by atomic mass is 19.2. The molecule has 0 aliphatic carbocycles. The largest absolute Gasteiger partial charge is 0.381 e. The van der Waals surface area contributed by atoms with Crippen molar-refractivity contribution in [1.82, 2.24) is 5.32 Å². The lowest BCUT2D eigenvalue weighted by molar-refractivity contribution is -0.119. The standard InChI is InChI=1S/C16H16F2N2O/c1-19-15(21)9-11-5-7-13(8-6-11)20-10-12-3-2-4-14(17)16(12)18/h2-8,20H,9-10H2,1H3,(H,19,21). The lowest BCUT2D eigenvalue weighted by atomic mass is 10.1. The number of benzene rings is 2. The van der Waals surface area contributed by atoms with Crippen LogP contribution in [0.1, 0.15) is 11.1 Å². The highest BCUT2D eigenvalue weighted by Crippen LogP contribution is 2.15. The minimum Gasteiger partial charge on any atom is -0.381 e. The molecule has 3 nitrogen and oxygen atoms in total. The first-order valence-corrected chi connectivity index (χ1v) is 6.56. The number of amides is 1. The molecule has 0 radical (unpaired) electrons. The molecule has 0 atom stereocenters. The summed E-state index contributed by atoms with van der Waals surface area (Å²) < 4.78 is 26.6. The van der Waals surface area contributed by atoms with Crippen molar-refractivity contribution < 1.29 is 13.6 Å². The lowest BCUT2D eigenvalue weighted by Crippen LogP contribution is -2.19. The van der Waals surface area contributed by atoms with Gasteiger partial charge in [-0.15, -0.1) is 0 Å². The lowest BCUT2D eigenvalue weighted by Gasteiger charge is -2.08. The van der Waals surface area contributed by atoms with Gasteiger partial charge >= 0.3 is 0 Å². The zero-order valence-corrected chi connectivity index (χ0v) is 11.6. The highest BCUT2D eigenvalue weighted by molar-refractivity contribution is 5.78. The molecule has 0 saturated carbocycles. The minimum atomic E-state index is -0.852. The van der Waals surface area contributed by atoms with Crippen LogP contribution in [-0.4, -0.2) is 13.0 Å². The molecule has 0 aliphatic heterocycles. The maximum atomic E-state index is 13.5. The molecule has 0 heterocycles. The quantitative estimate of drug-likeness (QED) is 0.889. The predicted molar refractivity (Wildman–Crippen MR) is 77.9 cm³/mol. The van der Waals surface area contributed by atoms with Gasteiger partial charge in [0.05, 0.1) is 6.42 Å². The number of hydrogen-bond acceptors (Lipinski definition) is 2. The molecular weight excluding hydrogens is 274 g/mol. The molecule has 0 bridgehead atoms. The van der Waals surface area contributed by atoms with Crippen LogP contribution in [0.15, 0.2) is 42.5 Å². The van der Waals surface area contributed by atoms with Crippen molar-refractivity contribution in [3.05, 3.63) is 65.2 Å².